The largest absolute Gasteiger partial charge is 0.299 e. The van der Waals surface area contributed by atoms with E-state index >= 15 is 0 Å². The Kier molecular flexibility index (Phi) is 13.6. The van der Waals surface area contributed by atoms with Gasteiger partial charge < -0.3 is 0 Å². The van der Waals surface area contributed by atoms with Crippen LogP contribution < -0.4 is 0 Å². The van der Waals surface area contributed by atoms with Crippen LogP contribution in [0.25, 0.3) is 0 Å². The van der Waals surface area contributed by atoms with Gasteiger partial charge in [0, 0.05) is 74.4 Å². The summed E-state index contributed by atoms with van der Waals surface area (Å²) in [5, 5.41) is 0. The monoisotopic (exact) mass is 614 g/mol. The maximum Gasteiger partial charge on any atom is 0.215 e. The number of hydrogen-bond acceptors (Lipinski definition) is 7. The summed E-state index contributed by atoms with van der Waals surface area (Å²) < 4.78 is 8.05. The molecule has 3 saturated heterocycles. The molecule has 0 atom stereocenters. The van der Waals surface area contributed by atoms with Crippen LogP contribution in [0.4, 0.5) is 0 Å². The van der Waals surface area contributed by atoms with Crippen LogP contribution >= 0.6 is 8.37 Å². The molecule has 41 heavy (non-hydrogen) atoms. The number of aromatic nitrogens is 3. The second kappa shape index (κ2) is 17.6. The van der Waals surface area contributed by atoms with Crippen molar-refractivity contribution in [2.24, 2.45) is 0 Å². The van der Waals surface area contributed by atoms with Gasteiger partial charge in [0.25, 0.3) is 0 Å². The zero-order valence-electron chi connectivity index (χ0n) is 23.9. The Morgan fingerprint density at radius 1 is 0.488 bits per heavy atom. The van der Waals surface area contributed by atoms with E-state index in [1.807, 2.05) is 36.8 Å². The summed E-state index contributed by atoms with van der Waals surface area (Å²) in [6.45, 7) is 9.16. The van der Waals surface area contributed by atoms with E-state index in [2.05, 4.69) is 94.6 Å². The summed E-state index contributed by atoms with van der Waals surface area (Å²) in [6.07, 6.45) is 19.7. The Hall–Kier alpha value is -2.31. The molecule has 2 bridgehead atoms. The molecule has 1 aliphatic carbocycles. The molecule has 0 unspecified atom stereocenters. The third kappa shape index (κ3) is 10.2. The Balaban J connectivity index is 0.000000373. The van der Waals surface area contributed by atoms with Gasteiger partial charge in [-0.3, -0.25) is 19.9 Å². The van der Waals surface area contributed by atoms with Gasteiger partial charge in [-0.1, -0.05) is 42.5 Å². The van der Waals surface area contributed by atoms with Gasteiger partial charge in [-0.15, -0.1) is 14.0 Å². The first kappa shape index (κ1) is 31.6. The first-order chi connectivity index (χ1) is 19.8. The topological polar surface area (TPSA) is 51.6 Å². The second-order valence-corrected chi connectivity index (χ2v) is 13.0. The third-order valence-electron chi connectivity index (χ3n) is 7.48. The molecule has 0 spiro atoms. The number of nitrogens with zero attached hydrogens (tertiary/aromatic N) is 7. The van der Waals surface area contributed by atoms with E-state index in [1.54, 1.807) is 0 Å². The Bertz CT molecular complexity index is 1030. The van der Waals surface area contributed by atoms with Gasteiger partial charge in [0.2, 0.25) is 8.37 Å². The van der Waals surface area contributed by atoms with Crippen LogP contribution in [0.3, 0.4) is 0 Å². The average Bonchev–Trinajstić information content (AvgIpc) is 2.95. The summed E-state index contributed by atoms with van der Waals surface area (Å²) in [5.74, 6) is 0. The van der Waals surface area contributed by atoms with Crippen molar-refractivity contribution >= 4 is 8.37 Å². The summed E-state index contributed by atoms with van der Waals surface area (Å²) in [5.41, 5.74) is 3.41. The smallest absolute Gasteiger partial charge is 0.215 e. The van der Waals surface area contributed by atoms with Crippen molar-refractivity contribution in [2.45, 2.75) is 45.3 Å². The minimum atomic E-state index is -1.17. The third-order valence-corrected chi connectivity index (χ3v) is 10.3. The summed E-state index contributed by atoms with van der Waals surface area (Å²) in [7, 11) is -1.17. The number of fused-ring (bicyclic) bond motifs is 6. The van der Waals surface area contributed by atoms with Crippen molar-refractivity contribution < 1.29 is 16.5 Å². The van der Waals surface area contributed by atoms with E-state index in [4.69, 9.17) is 0 Å². The molecule has 220 valence electrons. The fourth-order valence-electron chi connectivity index (χ4n) is 5.39. The van der Waals surface area contributed by atoms with E-state index in [-0.39, 0.29) is 16.5 Å². The van der Waals surface area contributed by atoms with E-state index in [0.29, 0.717) is 0 Å². The Morgan fingerprint density at radius 2 is 0.829 bits per heavy atom. The molecule has 0 saturated carbocycles. The van der Waals surface area contributed by atoms with E-state index < -0.39 is 8.37 Å². The van der Waals surface area contributed by atoms with Crippen LogP contribution in [-0.2, 0) is 36.1 Å². The van der Waals surface area contributed by atoms with Gasteiger partial charge in [0.1, 0.15) is 0 Å². The quantitative estimate of drug-likeness (QED) is 0.202. The van der Waals surface area contributed by atoms with Crippen molar-refractivity contribution in [3.63, 3.8) is 0 Å². The summed E-state index contributed by atoms with van der Waals surface area (Å²) in [6, 6.07) is 18.7. The van der Waals surface area contributed by atoms with Crippen molar-refractivity contribution in [1.29, 1.82) is 0 Å². The van der Waals surface area contributed by atoms with Crippen molar-refractivity contribution in [2.75, 3.05) is 39.3 Å². The fourth-order valence-corrected chi connectivity index (χ4v) is 8.40. The molecule has 6 heterocycles. The standard InChI is InChI=1S/C24H30N7P.C8H12.Ni/c1-4-10-25-22(7-1)19-29-16-13-28-14-17-30(20-23-8-2-5-11-26-23)32(29)31(18-15-28)21-24-9-3-6-12-27-24;1-2-4-6-8-7-5-3-1;/h1-12H,13-21H2;1-2,7-8H,3-6H2;/p+1/b;2-1-,8-7-;. The molecule has 3 aromatic rings. The molecule has 0 N–H and O–H groups in total. The maximum absolute atomic E-state index is 4.65. The predicted molar refractivity (Wildman–Crippen MR) is 165 cm³/mol. The van der Waals surface area contributed by atoms with Crippen LogP contribution in [-0.4, -0.2) is 73.1 Å². The molecule has 0 amide bonds. The molecule has 7 rings (SSSR count). The number of rotatable bonds is 6. The molecule has 3 aromatic heterocycles. The summed E-state index contributed by atoms with van der Waals surface area (Å²) in [4.78, 5) is 16.6. The van der Waals surface area contributed by atoms with Gasteiger partial charge in [-0.25, -0.2) is 0 Å². The Morgan fingerprint density at radius 3 is 1.12 bits per heavy atom. The summed E-state index contributed by atoms with van der Waals surface area (Å²) >= 11 is 0. The Labute approximate surface area is 257 Å². The molecular formula is C32H43N7NiP+. The van der Waals surface area contributed by atoms with Crippen LogP contribution in [0.1, 0.15) is 42.8 Å². The first-order valence-electron chi connectivity index (χ1n) is 14.7. The van der Waals surface area contributed by atoms with Crippen molar-refractivity contribution in [1.82, 2.24) is 33.9 Å². The molecule has 9 heteroatoms. The van der Waals surface area contributed by atoms with Crippen LogP contribution in [0.5, 0.6) is 0 Å². The average molecular weight is 615 g/mol. The van der Waals surface area contributed by atoms with E-state index in [0.717, 1.165) is 76.0 Å². The normalized spacial score (nSPS) is 23.3. The van der Waals surface area contributed by atoms with Crippen LogP contribution in [0, 0.1) is 0 Å². The van der Waals surface area contributed by atoms with Gasteiger partial charge in [-0.05, 0) is 62.1 Å². The van der Waals surface area contributed by atoms with E-state index in [9.17, 15) is 0 Å². The maximum atomic E-state index is 4.65. The molecular weight excluding hydrogens is 572 g/mol. The molecule has 3 fully saturated rings. The molecule has 0 radical (unpaired) electrons. The van der Waals surface area contributed by atoms with Gasteiger partial charge in [0.15, 0.2) is 0 Å². The second-order valence-electron chi connectivity index (χ2n) is 10.5. The first-order valence-corrected chi connectivity index (χ1v) is 16.0. The number of allylic oxidation sites excluding steroid dienone is 4. The molecule has 3 aliphatic heterocycles. The van der Waals surface area contributed by atoms with Gasteiger partial charge in [0.05, 0.1) is 36.7 Å². The molecule has 7 nitrogen and oxygen atoms in total. The van der Waals surface area contributed by atoms with E-state index in [1.165, 1.54) is 25.7 Å². The molecule has 4 aliphatic rings. The zero-order valence-corrected chi connectivity index (χ0v) is 25.9. The minimum absolute atomic E-state index is 0. The van der Waals surface area contributed by atoms with Gasteiger partial charge in [-0.2, -0.15) is 0 Å². The number of pyridine rings is 3. The van der Waals surface area contributed by atoms with Gasteiger partial charge >= 0.3 is 0 Å². The predicted octanol–water partition coefficient (Wildman–Crippen LogP) is 5.64. The van der Waals surface area contributed by atoms with Crippen LogP contribution in [0.15, 0.2) is 97.5 Å². The number of hydrogen-bond donors (Lipinski definition) is 0. The minimum Gasteiger partial charge on any atom is -0.299 e. The zero-order chi connectivity index (χ0) is 27.2. The van der Waals surface area contributed by atoms with Crippen molar-refractivity contribution in [3.05, 3.63) is 115 Å². The van der Waals surface area contributed by atoms with Crippen molar-refractivity contribution in [3.8, 4) is 0 Å². The molecule has 0 aromatic carbocycles. The SMILES string of the molecule is C1=C\CC/C=C\CC/1.[Ni].c1ccc(CN2CCN3CCN(Cc4ccccn4)[PH+]2N(Cc2ccccn2)CC3)nc1. The van der Waals surface area contributed by atoms with Crippen LogP contribution in [0.2, 0.25) is 0 Å². The fraction of sp³-hybridized carbons (Fsp3) is 0.406.